The second-order valence-corrected chi connectivity index (χ2v) is 8.76. The van der Waals surface area contributed by atoms with Gasteiger partial charge in [0.1, 0.15) is 5.75 Å². The van der Waals surface area contributed by atoms with Crippen molar-refractivity contribution in [2.45, 2.75) is 38.6 Å². The second-order valence-electron chi connectivity index (χ2n) is 6.82. The number of carbonyl (C=O) groups excluding carboxylic acids is 2. The number of nitrogens with one attached hydrogen (secondary N) is 1. The zero-order chi connectivity index (χ0) is 22.3. The van der Waals surface area contributed by atoms with Crippen LogP contribution in [0.3, 0.4) is 0 Å². The standard InChI is InChI=1S/C22H28N2O5S/c1-5-24(6-2)30(27,28)21-12-10-18(11-13-21)16(3)23-22(26)15-29-20-9-7-8-19(14-20)17(4)25/h7-14,16H,5-6,15H2,1-4H3,(H,23,26). The Balaban J connectivity index is 1.97. The fraction of sp³-hybridized carbons (Fsp3) is 0.364. The highest BCUT2D eigenvalue weighted by Gasteiger charge is 2.21. The highest BCUT2D eigenvalue weighted by atomic mass is 32.2. The van der Waals surface area contributed by atoms with Gasteiger partial charge in [-0.1, -0.05) is 38.1 Å². The first kappa shape index (κ1) is 23.6. The Morgan fingerprint density at radius 1 is 1.07 bits per heavy atom. The number of ether oxygens (including phenoxy) is 1. The molecule has 0 spiro atoms. The van der Waals surface area contributed by atoms with E-state index in [-0.39, 0.29) is 29.2 Å². The van der Waals surface area contributed by atoms with Gasteiger partial charge in [-0.15, -0.1) is 0 Å². The fourth-order valence-electron chi connectivity index (χ4n) is 2.96. The van der Waals surface area contributed by atoms with Gasteiger partial charge in [-0.2, -0.15) is 4.31 Å². The summed E-state index contributed by atoms with van der Waals surface area (Å²) in [5.41, 5.74) is 1.29. The topological polar surface area (TPSA) is 92.8 Å². The number of rotatable bonds is 10. The molecular formula is C22H28N2O5S. The maximum Gasteiger partial charge on any atom is 0.258 e. The van der Waals surface area contributed by atoms with Gasteiger partial charge in [0, 0.05) is 18.7 Å². The fourth-order valence-corrected chi connectivity index (χ4v) is 4.42. The third kappa shape index (κ3) is 5.90. The van der Waals surface area contributed by atoms with E-state index in [1.807, 2.05) is 6.92 Å². The minimum absolute atomic E-state index is 0.0787. The van der Waals surface area contributed by atoms with Gasteiger partial charge in [0.2, 0.25) is 10.0 Å². The molecular weight excluding hydrogens is 404 g/mol. The Hall–Kier alpha value is -2.71. The lowest BCUT2D eigenvalue weighted by Crippen LogP contribution is -2.31. The third-order valence-corrected chi connectivity index (χ3v) is 6.78. The predicted octanol–water partition coefficient (Wildman–Crippen LogP) is 3.18. The number of nitrogens with zero attached hydrogens (tertiary/aromatic N) is 1. The van der Waals surface area contributed by atoms with E-state index < -0.39 is 10.0 Å². The molecule has 30 heavy (non-hydrogen) atoms. The monoisotopic (exact) mass is 432 g/mol. The SMILES string of the molecule is CCN(CC)S(=O)(=O)c1ccc(C(C)NC(=O)COc2cccc(C(C)=O)c2)cc1. The lowest BCUT2D eigenvalue weighted by Gasteiger charge is -2.19. The average molecular weight is 433 g/mol. The Morgan fingerprint density at radius 3 is 2.27 bits per heavy atom. The molecule has 1 amide bonds. The van der Waals surface area contributed by atoms with Crippen LogP contribution in [-0.2, 0) is 14.8 Å². The zero-order valence-electron chi connectivity index (χ0n) is 17.7. The number of hydrogen-bond acceptors (Lipinski definition) is 5. The van der Waals surface area contributed by atoms with Gasteiger partial charge in [-0.25, -0.2) is 8.42 Å². The van der Waals surface area contributed by atoms with Crippen LogP contribution in [-0.4, -0.2) is 44.1 Å². The summed E-state index contributed by atoms with van der Waals surface area (Å²) in [5, 5.41) is 2.82. The third-order valence-electron chi connectivity index (χ3n) is 4.71. The average Bonchev–Trinajstić information content (AvgIpc) is 2.73. The molecule has 0 saturated carbocycles. The molecule has 2 rings (SSSR count). The van der Waals surface area contributed by atoms with Crippen LogP contribution in [0.15, 0.2) is 53.4 Å². The van der Waals surface area contributed by atoms with Crippen LogP contribution in [0.5, 0.6) is 5.75 Å². The molecule has 0 bridgehead atoms. The first-order valence-electron chi connectivity index (χ1n) is 9.82. The number of sulfonamides is 1. The molecule has 0 saturated heterocycles. The van der Waals surface area contributed by atoms with Crippen molar-refractivity contribution in [2.75, 3.05) is 19.7 Å². The Labute approximate surface area is 178 Å². The number of ketones is 1. The van der Waals surface area contributed by atoms with Gasteiger partial charge < -0.3 is 10.1 Å². The lowest BCUT2D eigenvalue weighted by molar-refractivity contribution is -0.123. The van der Waals surface area contributed by atoms with Gasteiger partial charge in [0.15, 0.2) is 12.4 Å². The number of amides is 1. The van der Waals surface area contributed by atoms with Crippen LogP contribution >= 0.6 is 0 Å². The van der Waals surface area contributed by atoms with E-state index in [0.29, 0.717) is 24.4 Å². The normalized spacial score (nSPS) is 12.4. The summed E-state index contributed by atoms with van der Waals surface area (Å²) in [6, 6.07) is 12.8. The number of carbonyl (C=O) groups is 2. The summed E-state index contributed by atoms with van der Waals surface area (Å²) in [6.07, 6.45) is 0. The molecule has 1 N–H and O–H groups in total. The minimum atomic E-state index is -3.51. The van der Waals surface area contributed by atoms with Gasteiger partial charge in [0.05, 0.1) is 10.9 Å². The van der Waals surface area contributed by atoms with Gasteiger partial charge >= 0.3 is 0 Å². The Bertz CT molecular complexity index is 983. The molecule has 0 radical (unpaired) electrons. The molecule has 0 aromatic heterocycles. The molecule has 2 aromatic carbocycles. The van der Waals surface area contributed by atoms with Gasteiger partial charge in [-0.05, 0) is 43.7 Å². The highest BCUT2D eigenvalue weighted by molar-refractivity contribution is 7.89. The molecule has 2 aromatic rings. The van der Waals surface area contributed by atoms with Crippen LogP contribution in [0.25, 0.3) is 0 Å². The zero-order valence-corrected chi connectivity index (χ0v) is 18.5. The maximum atomic E-state index is 12.6. The van der Waals surface area contributed by atoms with E-state index in [2.05, 4.69) is 5.32 Å². The van der Waals surface area contributed by atoms with Crippen molar-refractivity contribution >= 4 is 21.7 Å². The summed E-state index contributed by atoms with van der Waals surface area (Å²) in [7, 11) is -3.51. The molecule has 162 valence electrons. The molecule has 0 fully saturated rings. The van der Waals surface area contributed by atoms with Crippen molar-refractivity contribution in [3.8, 4) is 5.75 Å². The quantitative estimate of drug-likeness (QED) is 0.582. The predicted molar refractivity (Wildman–Crippen MR) is 115 cm³/mol. The van der Waals surface area contributed by atoms with Crippen molar-refractivity contribution in [1.82, 2.24) is 9.62 Å². The first-order chi connectivity index (χ1) is 14.2. The van der Waals surface area contributed by atoms with Crippen molar-refractivity contribution in [3.63, 3.8) is 0 Å². The van der Waals surface area contributed by atoms with Crippen LogP contribution in [0.4, 0.5) is 0 Å². The van der Waals surface area contributed by atoms with Gasteiger partial charge in [-0.3, -0.25) is 9.59 Å². The van der Waals surface area contributed by atoms with Crippen LogP contribution in [0.2, 0.25) is 0 Å². The van der Waals surface area contributed by atoms with E-state index >= 15 is 0 Å². The van der Waals surface area contributed by atoms with Crippen molar-refractivity contribution < 1.29 is 22.7 Å². The summed E-state index contributed by atoms with van der Waals surface area (Å²) < 4.78 is 32.0. The molecule has 0 aliphatic rings. The molecule has 8 heteroatoms. The maximum absolute atomic E-state index is 12.6. The van der Waals surface area contributed by atoms with Crippen molar-refractivity contribution in [3.05, 3.63) is 59.7 Å². The van der Waals surface area contributed by atoms with Crippen molar-refractivity contribution in [1.29, 1.82) is 0 Å². The van der Waals surface area contributed by atoms with Crippen LogP contribution in [0.1, 0.15) is 49.7 Å². The molecule has 1 atom stereocenters. The smallest absolute Gasteiger partial charge is 0.258 e. The number of hydrogen-bond donors (Lipinski definition) is 1. The highest BCUT2D eigenvalue weighted by Crippen LogP contribution is 2.19. The Kier molecular flexibility index (Phi) is 8.14. The van der Waals surface area contributed by atoms with Crippen molar-refractivity contribution in [2.24, 2.45) is 0 Å². The summed E-state index contributed by atoms with van der Waals surface area (Å²) in [4.78, 5) is 23.9. The van der Waals surface area contributed by atoms with Gasteiger partial charge in [0.25, 0.3) is 5.91 Å². The van der Waals surface area contributed by atoms with E-state index in [9.17, 15) is 18.0 Å². The molecule has 0 aliphatic carbocycles. The second kappa shape index (κ2) is 10.4. The van der Waals surface area contributed by atoms with Crippen LogP contribution in [0, 0.1) is 0 Å². The molecule has 1 unspecified atom stereocenters. The van der Waals surface area contributed by atoms with E-state index in [1.165, 1.54) is 11.2 Å². The largest absolute Gasteiger partial charge is 0.484 e. The van der Waals surface area contributed by atoms with E-state index in [4.69, 9.17) is 4.74 Å². The first-order valence-corrected chi connectivity index (χ1v) is 11.3. The van der Waals surface area contributed by atoms with E-state index in [1.54, 1.807) is 62.4 Å². The number of Topliss-reactive ketones (excluding diaryl/α,β-unsaturated/α-hetero) is 1. The summed E-state index contributed by atoms with van der Waals surface area (Å²) in [6.45, 7) is 7.48. The summed E-state index contributed by atoms with van der Waals surface area (Å²) >= 11 is 0. The molecule has 0 heterocycles. The molecule has 7 nitrogen and oxygen atoms in total. The number of benzene rings is 2. The summed E-state index contributed by atoms with van der Waals surface area (Å²) in [5.74, 6) is 0.0389. The molecule has 0 aliphatic heterocycles. The minimum Gasteiger partial charge on any atom is -0.484 e. The van der Waals surface area contributed by atoms with Crippen LogP contribution < -0.4 is 10.1 Å². The van der Waals surface area contributed by atoms with E-state index in [0.717, 1.165) is 5.56 Å². The lowest BCUT2D eigenvalue weighted by atomic mass is 10.1. The Morgan fingerprint density at radius 2 is 1.70 bits per heavy atom.